The van der Waals surface area contributed by atoms with Crippen LogP contribution in [0.5, 0.6) is 0 Å². The summed E-state index contributed by atoms with van der Waals surface area (Å²) in [5, 5.41) is 7.18. The first-order valence-electron chi connectivity index (χ1n) is 5.25. The van der Waals surface area contributed by atoms with E-state index in [9.17, 15) is 13.2 Å². The molecule has 0 bridgehead atoms. The Balaban J connectivity index is 3.27. The number of alkyl halides is 3. The minimum Gasteiger partial charge on any atom is -0.384 e. The number of nitrogen functional groups attached to an aromatic ring is 1. The van der Waals surface area contributed by atoms with Crippen LogP contribution in [0.2, 0.25) is 0 Å². The van der Waals surface area contributed by atoms with E-state index in [1.807, 2.05) is 20.8 Å². The van der Waals surface area contributed by atoms with Gasteiger partial charge in [0.05, 0.1) is 5.56 Å². The molecule has 6 heteroatoms. The molecule has 1 aromatic rings. The zero-order valence-electron chi connectivity index (χ0n) is 10.4. The smallest absolute Gasteiger partial charge is 0.384 e. The lowest BCUT2D eigenvalue weighted by molar-refractivity contribution is -0.137. The number of rotatable bonds is 2. The van der Waals surface area contributed by atoms with Crippen molar-refractivity contribution in [3.05, 3.63) is 29.3 Å². The molecule has 0 radical (unpaired) electrons. The van der Waals surface area contributed by atoms with Crippen molar-refractivity contribution < 1.29 is 13.2 Å². The predicted octanol–water partition coefficient (Wildman–Crippen LogP) is 3.88. The van der Waals surface area contributed by atoms with E-state index in [0.717, 1.165) is 6.07 Å². The summed E-state index contributed by atoms with van der Waals surface area (Å²) >= 11 is 1.34. The van der Waals surface area contributed by atoms with E-state index in [0.29, 0.717) is 4.90 Å². The first-order chi connectivity index (χ1) is 8.00. The van der Waals surface area contributed by atoms with Crippen LogP contribution in [0.3, 0.4) is 0 Å². The number of nitrogens with two attached hydrogens (primary N) is 1. The maximum absolute atomic E-state index is 12.9. The van der Waals surface area contributed by atoms with Crippen LogP contribution in [0, 0.1) is 5.41 Å². The highest BCUT2D eigenvalue weighted by atomic mass is 32.2. The van der Waals surface area contributed by atoms with Crippen molar-refractivity contribution >= 4 is 17.6 Å². The monoisotopic (exact) mass is 276 g/mol. The lowest BCUT2D eigenvalue weighted by Crippen LogP contribution is -2.19. The Labute approximate surface area is 108 Å². The van der Waals surface area contributed by atoms with Gasteiger partial charge in [0.2, 0.25) is 0 Å². The number of hydrogen-bond donors (Lipinski definition) is 2. The minimum atomic E-state index is -4.50. The maximum atomic E-state index is 12.9. The molecule has 0 unspecified atom stereocenters. The second kappa shape index (κ2) is 4.84. The van der Waals surface area contributed by atoms with Crippen molar-refractivity contribution in [1.29, 1.82) is 5.41 Å². The molecule has 0 aliphatic rings. The number of hydrogen-bond acceptors (Lipinski definition) is 2. The van der Waals surface area contributed by atoms with E-state index in [4.69, 9.17) is 11.1 Å². The molecule has 0 saturated heterocycles. The van der Waals surface area contributed by atoms with Crippen LogP contribution in [0.15, 0.2) is 23.1 Å². The third kappa shape index (κ3) is 3.94. The van der Waals surface area contributed by atoms with Gasteiger partial charge in [-0.15, -0.1) is 11.8 Å². The highest BCUT2D eigenvalue weighted by Gasteiger charge is 2.34. The summed E-state index contributed by atoms with van der Waals surface area (Å²) in [5.74, 6) is -0.574. The molecule has 100 valence electrons. The van der Waals surface area contributed by atoms with E-state index in [1.165, 1.54) is 17.8 Å². The average Bonchev–Trinajstić information content (AvgIpc) is 2.13. The van der Waals surface area contributed by atoms with E-state index in [-0.39, 0.29) is 10.3 Å². The van der Waals surface area contributed by atoms with Crippen LogP contribution in [-0.2, 0) is 6.18 Å². The standard InChI is InChI=1S/C12H15F3N2S/c1-11(2,3)18-7-4-5-8(10(16)17)9(6-7)12(13,14)15/h4-6H,1-3H3,(H3,16,17). The molecule has 0 heterocycles. The molecular formula is C12H15F3N2S. The van der Waals surface area contributed by atoms with Gasteiger partial charge in [-0.05, 0) is 18.2 Å². The minimum absolute atomic E-state index is 0.180. The molecule has 0 fully saturated rings. The molecular weight excluding hydrogens is 261 g/mol. The number of nitrogens with one attached hydrogen (secondary N) is 1. The van der Waals surface area contributed by atoms with Crippen molar-refractivity contribution in [2.24, 2.45) is 5.73 Å². The van der Waals surface area contributed by atoms with Crippen molar-refractivity contribution in [2.45, 2.75) is 36.6 Å². The molecule has 0 atom stereocenters. The van der Waals surface area contributed by atoms with E-state index in [1.54, 1.807) is 6.07 Å². The molecule has 0 aliphatic heterocycles. The van der Waals surface area contributed by atoms with Crippen LogP contribution < -0.4 is 5.73 Å². The average molecular weight is 276 g/mol. The topological polar surface area (TPSA) is 49.9 Å². The third-order valence-corrected chi connectivity index (χ3v) is 3.11. The van der Waals surface area contributed by atoms with Crippen LogP contribution >= 0.6 is 11.8 Å². The Morgan fingerprint density at radius 1 is 1.22 bits per heavy atom. The number of halogens is 3. The molecule has 0 amide bonds. The van der Waals surface area contributed by atoms with Gasteiger partial charge >= 0.3 is 6.18 Å². The fraction of sp³-hybridized carbons (Fsp3) is 0.417. The zero-order chi connectivity index (χ0) is 14.1. The normalized spacial score (nSPS) is 12.6. The van der Waals surface area contributed by atoms with E-state index >= 15 is 0 Å². The fourth-order valence-electron chi connectivity index (χ4n) is 1.41. The lowest BCUT2D eigenvalue weighted by atomic mass is 10.1. The van der Waals surface area contributed by atoms with Gasteiger partial charge in [0.1, 0.15) is 5.84 Å². The molecule has 1 rings (SSSR count). The van der Waals surface area contributed by atoms with Gasteiger partial charge in [-0.3, -0.25) is 5.41 Å². The quantitative estimate of drug-likeness (QED) is 0.489. The van der Waals surface area contributed by atoms with Crippen molar-refractivity contribution in [1.82, 2.24) is 0 Å². The summed E-state index contributed by atoms with van der Waals surface area (Å²) in [6.45, 7) is 5.76. The number of benzene rings is 1. The molecule has 0 spiro atoms. The first kappa shape index (κ1) is 14.9. The van der Waals surface area contributed by atoms with Gasteiger partial charge in [0, 0.05) is 15.2 Å². The summed E-state index contributed by atoms with van der Waals surface area (Å²) in [6.07, 6.45) is -4.50. The highest BCUT2D eigenvalue weighted by Crippen LogP contribution is 2.38. The van der Waals surface area contributed by atoms with Gasteiger partial charge in [0.25, 0.3) is 0 Å². The highest BCUT2D eigenvalue weighted by molar-refractivity contribution is 8.00. The third-order valence-electron chi connectivity index (χ3n) is 2.01. The molecule has 18 heavy (non-hydrogen) atoms. The summed E-state index contributed by atoms with van der Waals surface area (Å²) < 4.78 is 38.4. The zero-order valence-corrected chi connectivity index (χ0v) is 11.2. The number of amidine groups is 1. The van der Waals surface area contributed by atoms with Gasteiger partial charge in [0.15, 0.2) is 0 Å². The first-order valence-corrected chi connectivity index (χ1v) is 6.07. The van der Waals surface area contributed by atoms with Crippen LogP contribution in [0.25, 0.3) is 0 Å². The summed E-state index contributed by atoms with van der Waals surface area (Å²) in [4.78, 5) is 0.514. The van der Waals surface area contributed by atoms with Crippen LogP contribution in [-0.4, -0.2) is 10.6 Å². The van der Waals surface area contributed by atoms with Gasteiger partial charge in [-0.25, -0.2) is 0 Å². The van der Waals surface area contributed by atoms with Gasteiger partial charge in [-0.1, -0.05) is 20.8 Å². The molecule has 2 nitrogen and oxygen atoms in total. The Hall–Kier alpha value is -1.17. The molecule has 3 N–H and O–H groups in total. The van der Waals surface area contributed by atoms with E-state index in [2.05, 4.69) is 0 Å². The molecule has 0 aliphatic carbocycles. The number of thioether (sulfide) groups is 1. The second-order valence-electron chi connectivity index (χ2n) is 4.83. The fourth-order valence-corrected chi connectivity index (χ4v) is 2.43. The Kier molecular flexibility index (Phi) is 4.00. The Morgan fingerprint density at radius 2 is 1.78 bits per heavy atom. The molecule has 0 aromatic heterocycles. The largest absolute Gasteiger partial charge is 0.417 e. The molecule has 1 aromatic carbocycles. The van der Waals surface area contributed by atoms with Gasteiger partial charge in [-0.2, -0.15) is 13.2 Å². The van der Waals surface area contributed by atoms with Crippen LogP contribution in [0.1, 0.15) is 31.9 Å². The second-order valence-corrected chi connectivity index (χ2v) is 6.73. The van der Waals surface area contributed by atoms with Crippen molar-refractivity contribution in [3.8, 4) is 0 Å². The predicted molar refractivity (Wildman–Crippen MR) is 68.1 cm³/mol. The SMILES string of the molecule is CC(C)(C)Sc1ccc(C(=N)N)c(C(F)(F)F)c1. The Morgan fingerprint density at radius 3 is 2.17 bits per heavy atom. The van der Waals surface area contributed by atoms with Crippen molar-refractivity contribution in [3.63, 3.8) is 0 Å². The lowest BCUT2D eigenvalue weighted by Gasteiger charge is -2.19. The summed E-state index contributed by atoms with van der Waals surface area (Å²) in [6, 6.07) is 3.85. The summed E-state index contributed by atoms with van der Waals surface area (Å²) in [5.41, 5.74) is 4.03. The summed E-state index contributed by atoms with van der Waals surface area (Å²) in [7, 11) is 0. The van der Waals surface area contributed by atoms with Crippen molar-refractivity contribution in [2.75, 3.05) is 0 Å². The Bertz CT molecular complexity index is 461. The van der Waals surface area contributed by atoms with Crippen LogP contribution in [0.4, 0.5) is 13.2 Å². The van der Waals surface area contributed by atoms with E-state index < -0.39 is 17.6 Å². The maximum Gasteiger partial charge on any atom is 0.417 e. The molecule has 0 saturated carbocycles. The van der Waals surface area contributed by atoms with Gasteiger partial charge < -0.3 is 5.73 Å².